The van der Waals surface area contributed by atoms with Crippen LogP contribution in [-0.2, 0) is 4.74 Å². The molecule has 0 aromatic carbocycles. The van der Waals surface area contributed by atoms with Crippen molar-refractivity contribution >= 4 is 22.9 Å². The molecule has 0 spiro atoms. The summed E-state index contributed by atoms with van der Waals surface area (Å²) in [7, 11) is 0. The number of nitrogens with zero attached hydrogens (tertiary/aromatic N) is 2. The molecule has 2 heterocycles. The Hall–Kier alpha value is -2.25. The van der Waals surface area contributed by atoms with Crippen LogP contribution in [0.25, 0.3) is 11.1 Å². The number of halogens is 2. The van der Waals surface area contributed by atoms with Crippen molar-refractivity contribution in [2.75, 3.05) is 12.3 Å². The second-order valence-corrected chi connectivity index (χ2v) is 3.36. The highest BCUT2D eigenvalue weighted by Crippen LogP contribution is 2.27. The van der Waals surface area contributed by atoms with Gasteiger partial charge in [-0.05, 0) is 13.0 Å². The number of carbonyl (C=O) groups is 1. The number of nitrogen functional groups attached to an aromatic ring is 1. The number of alkyl halides is 2. The maximum atomic E-state index is 12.8. The molecule has 0 aliphatic rings. The minimum atomic E-state index is -2.93. The van der Waals surface area contributed by atoms with Gasteiger partial charge in [-0.25, -0.2) is 18.6 Å². The largest absolute Gasteiger partial charge is 0.462 e. The lowest BCUT2D eigenvalue weighted by Gasteiger charge is -2.06. The van der Waals surface area contributed by atoms with Gasteiger partial charge in [-0.15, -0.1) is 0 Å². The Morgan fingerprint density at radius 1 is 1.61 bits per heavy atom. The number of hydrogen-bond donors (Lipinski definition) is 1. The normalized spacial score (nSPS) is 11.1. The van der Waals surface area contributed by atoms with Crippen LogP contribution in [0.4, 0.5) is 14.6 Å². The zero-order valence-corrected chi connectivity index (χ0v) is 9.31. The highest BCUT2D eigenvalue weighted by molar-refractivity contribution is 5.96. The number of hydrogen-bond acceptors (Lipinski definition) is 6. The van der Waals surface area contributed by atoms with E-state index in [1.165, 1.54) is 0 Å². The third-order valence-electron chi connectivity index (χ3n) is 2.23. The lowest BCUT2D eigenvalue weighted by molar-refractivity contribution is 0.0514. The van der Waals surface area contributed by atoms with E-state index in [0.29, 0.717) is 0 Å². The molecular formula is C10H9F2N3O3. The molecule has 0 atom stereocenters. The van der Waals surface area contributed by atoms with Crippen LogP contribution < -0.4 is 5.73 Å². The second-order valence-electron chi connectivity index (χ2n) is 3.36. The molecule has 6 nitrogen and oxygen atoms in total. The van der Waals surface area contributed by atoms with E-state index in [1.807, 2.05) is 0 Å². The number of pyridine rings is 1. The lowest BCUT2D eigenvalue weighted by atomic mass is 10.1. The smallest absolute Gasteiger partial charge is 0.340 e. The van der Waals surface area contributed by atoms with Crippen LogP contribution in [0.5, 0.6) is 0 Å². The molecule has 2 aromatic heterocycles. The van der Waals surface area contributed by atoms with E-state index < -0.39 is 18.1 Å². The summed E-state index contributed by atoms with van der Waals surface area (Å²) in [5, 5.41) is 3.58. The van der Waals surface area contributed by atoms with Crippen LogP contribution in [-0.4, -0.2) is 22.7 Å². The summed E-state index contributed by atoms with van der Waals surface area (Å²) in [4.78, 5) is 15.1. The first-order valence-corrected chi connectivity index (χ1v) is 5.05. The van der Waals surface area contributed by atoms with E-state index in [2.05, 4.69) is 19.4 Å². The lowest BCUT2D eigenvalue weighted by Crippen LogP contribution is -2.10. The Kier molecular flexibility index (Phi) is 3.09. The van der Waals surface area contributed by atoms with Crippen molar-refractivity contribution in [3.63, 3.8) is 0 Å². The van der Waals surface area contributed by atoms with Gasteiger partial charge in [0, 0.05) is 0 Å². The van der Waals surface area contributed by atoms with Gasteiger partial charge in [0.25, 0.3) is 12.1 Å². The summed E-state index contributed by atoms with van der Waals surface area (Å²) in [6.45, 7) is 1.64. The van der Waals surface area contributed by atoms with Crippen molar-refractivity contribution in [3.05, 3.63) is 17.3 Å². The third kappa shape index (κ3) is 1.96. The Balaban J connectivity index is 2.63. The predicted molar refractivity (Wildman–Crippen MR) is 57.1 cm³/mol. The van der Waals surface area contributed by atoms with Crippen molar-refractivity contribution in [2.24, 2.45) is 0 Å². The zero-order valence-electron chi connectivity index (χ0n) is 9.31. The number of carbonyl (C=O) groups excluding carboxylic acids is 1. The molecule has 0 amide bonds. The van der Waals surface area contributed by atoms with Crippen LogP contribution in [0.15, 0.2) is 10.6 Å². The zero-order chi connectivity index (χ0) is 13.3. The molecule has 96 valence electrons. The van der Waals surface area contributed by atoms with Gasteiger partial charge in [-0.1, -0.05) is 5.16 Å². The predicted octanol–water partition coefficient (Wildman–Crippen LogP) is 1.92. The number of rotatable bonds is 3. The molecule has 0 saturated heterocycles. The van der Waals surface area contributed by atoms with Gasteiger partial charge in [0.15, 0.2) is 5.82 Å². The first-order valence-electron chi connectivity index (χ1n) is 5.05. The van der Waals surface area contributed by atoms with Gasteiger partial charge >= 0.3 is 5.97 Å². The number of anilines is 1. The van der Waals surface area contributed by atoms with E-state index in [4.69, 9.17) is 5.73 Å². The summed E-state index contributed by atoms with van der Waals surface area (Å²) in [5.41, 5.74) is 4.27. The number of fused-ring (bicyclic) bond motifs is 1. The minimum Gasteiger partial charge on any atom is -0.462 e. The van der Waals surface area contributed by atoms with Crippen LogP contribution in [0.2, 0.25) is 0 Å². The molecular weight excluding hydrogens is 248 g/mol. The van der Waals surface area contributed by atoms with E-state index in [1.54, 1.807) is 6.92 Å². The van der Waals surface area contributed by atoms with Crippen molar-refractivity contribution in [3.8, 4) is 0 Å². The van der Waals surface area contributed by atoms with Crippen molar-refractivity contribution in [1.82, 2.24) is 10.1 Å². The molecule has 2 N–H and O–H groups in total. The van der Waals surface area contributed by atoms with Gasteiger partial charge in [-0.3, -0.25) is 0 Å². The molecule has 0 aliphatic carbocycles. The van der Waals surface area contributed by atoms with E-state index in [0.717, 1.165) is 6.07 Å². The number of nitrogens with two attached hydrogens (primary N) is 1. The fourth-order valence-electron chi connectivity index (χ4n) is 1.44. The van der Waals surface area contributed by atoms with Gasteiger partial charge in [0.1, 0.15) is 5.69 Å². The van der Waals surface area contributed by atoms with Crippen LogP contribution in [0, 0.1) is 0 Å². The first kappa shape index (κ1) is 12.2. The monoisotopic (exact) mass is 257 g/mol. The summed E-state index contributed by atoms with van der Waals surface area (Å²) < 4.78 is 34.9. The van der Waals surface area contributed by atoms with Crippen molar-refractivity contribution < 1.29 is 22.8 Å². The third-order valence-corrected chi connectivity index (χ3v) is 2.23. The highest BCUT2D eigenvalue weighted by atomic mass is 19.3. The molecule has 0 fully saturated rings. The fraction of sp³-hybridized carbons (Fsp3) is 0.300. The van der Waals surface area contributed by atoms with Gasteiger partial charge in [0.2, 0.25) is 0 Å². The topological polar surface area (TPSA) is 91.2 Å². The molecule has 0 unspecified atom stereocenters. The first-order chi connectivity index (χ1) is 8.54. The average molecular weight is 257 g/mol. The van der Waals surface area contributed by atoms with Crippen LogP contribution in [0.1, 0.15) is 29.4 Å². The molecule has 0 radical (unpaired) electrons. The molecule has 8 heteroatoms. The van der Waals surface area contributed by atoms with Crippen molar-refractivity contribution in [1.29, 1.82) is 0 Å². The highest BCUT2D eigenvalue weighted by Gasteiger charge is 2.24. The average Bonchev–Trinajstić information content (AvgIpc) is 2.69. The quantitative estimate of drug-likeness (QED) is 0.844. The number of ether oxygens (including phenoxy) is 1. The summed E-state index contributed by atoms with van der Waals surface area (Å²) >= 11 is 0. The maximum absolute atomic E-state index is 12.8. The van der Waals surface area contributed by atoms with Crippen molar-refractivity contribution in [2.45, 2.75) is 13.3 Å². The molecule has 0 saturated carbocycles. The summed E-state index contributed by atoms with van der Waals surface area (Å²) in [6.07, 6.45) is -2.93. The molecule has 0 aliphatic heterocycles. The standard InChI is InChI=1S/C10H9F2N3O3/c1-2-17-10(16)4-3-5-8(13)15-18-9(5)14-6(4)7(11)12/h3,7H,2H2,1H3,(H2,13,15). The van der Waals surface area contributed by atoms with Gasteiger partial charge in [0.05, 0.1) is 17.6 Å². The molecule has 0 bridgehead atoms. The summed E-state index contributed by atoms with van der Waals surface area (Å²) in [5.74, 6) is -0.910. The van der Waals surface area contributed by atoms with E-state index >= 15 is 0 Å². The minimum absolute atomic E-state index is 0.0242. The number of aromatic nitrogens is 2. The fourth-order valence-corrected chi connectivity index (χ4v) is 1.44. The Labute approximate surface area is 99.7 Å². The maximum Gasteiger partial charge on any atom is 0.340 e. The van der Waals surface area contributed by atoms with Gasteiger partial charge in [-0.2, -0.15) is 0 Å². The van der Waals surface area contributed by atoms with Gasteiger partial charge < -0.3 is 15.0 Å². The Morgan fingerprint density at radius 2 is 2.33 bits per heavy atom. The second kappa shape index (κ2) is 4.55. The van der Waals surface area contributed by atoms with Crippen LogP contribution in [0.3, 0.4) is 0 Å². The van der Waals surface area contributed by atoms with E-state index in [9.17, 15) is 13.6 Å². The Bertz CT molecular complexity index is 597. The summed E-state index contributed by atoms with van der Waals surface area (Å²) in [6, 6.07) is 1.15. The molecule has 2 aromatic rings. The number of esters is 1. The molecule has 18 heavy (non-hydrogen) atoms. The van der Waals surface area contributed by atoms with E-state index in [-0.39, 0.29) is 29.1 Å². The molecule has 2 rings (SSSR count). The van der Waals surface area contributed by atoms with Crippen LogP contribution >= 0.6 is 0 Å². The Morgan fingerprint density at radius 3 is 2.94 bits per heavy atom. The SMILES string of the molecule is CCOC(=O)c1cc2c(N)noc2nc1C(F)F.